The normalized spacial score (nSPS) is 11.9. The van der Waals surface area contributed by atoms with Crippen LogP contribution in [0.5, 0.6) is 0 Å². The molecule has 0 aliphatic heterocycles. The number of carbonyl (C=O) groups is 1. The smallest absolute Gasteiger partial charge is 0.399 e. The lowest BCUT2D eigenvalue weighted by Gasteiger charge is -2.16. The van der Waals surface area contributed by atoms with Gasteiger partial charge >= 0.3 is 6.18 Å². The minimum Gasteiger partial charge on any atom is -0.399 e. The number of anilines is 1. The molecule has 0 aliphatic carbocycles. The maximum absolute atomic E-state index is 12.6. The molecule has 0 atom stereocenters. The molecule has 2 nitrogen and oxygen atoms in total. The van der Waals surface area contributed by atoms with E-state index in [2.05, 4.69) is 0 Å². The number of halogens is 5. The number of alkyl halides is 5. The lowest BCUT2D eigenvalue weighted by molar-refractivity contribution is -0.139. The second-order valence-electron chi connectivity index (χ2n) is 3.38. The second-order valence-corrected chi connectivity index (χ2v) is 3.38. The first-order valence-electron chi connectivity index (χ1n) is 4.44. The Labute approximate surface area is 93.2 Å². The molecule has 0 spiro atoms. The van der Waals surface area contributed by atoms with Crippen molar-refractivity contribution < 1.29 is 26.7 Å². The summed E-state index contributed by atoms with van der Waals surface area (Å²) in [4.78, 5) is 11.0. The number of ketones is 1. The fourth-order valence-electron chi connectivity index (χ4n) is 1.44. The summed E-state index contributed by atoms with van der Waals surface area (Å²) in [6.07, 6.45) is -8.38. The summed E-state index contributed by atoms with van der Waals surface area (Å²) in [7, 11) is 0. The van der Waals surface area contributed by atoms with Crippen LogP contribution in [0.15, 0.2) is 12.1 Å². The first-order chi connectivity index (χ1) is 7.64. The van der Waals surface area contributed by atoms with Crippen molar-refractivity contribution in [2.24, 2.45) is 0 Å². The maximum Gasteiger partial charge on any atom is 0.416 e. The predicted molar refractivity (Wildman–Crippen MR) is 50.8 cm³/mol. The number of Topliss-reactive ketones (excluding diaryl/α,β-unsaturated/α-hetero) is 1. The molecule has 17 heavy (non-hydrogen) atoms. The highest BCUT2D eigenvalue weighted by atomic mass is 19.4. The molecule has 0 saturated carbocycles. The molecule has 0 aliphatic rings. The Bertz CT molecular complexity index is 453. The van der Waals surface area contributed by atoms with Crippen LogP contribution in [0.4, 0.5) is 27.6 Å². The molecule has 1 aromatic carbocycles. The van der Waals surface area contributed by atoms with Crippen LogP contribution in [0.2, 0.25) is 0 Å². The van der Waals surface area contributed by atoms with Gasteiger partial charge in [0.25, 0.3) is 6.43 Å². The van der Waals surface area contributed by atoms with E-state index in [1.165, 1.54) is 0 Å². The van der Waals surface area contributed by atoms with Crippen molar-refractivity contribution in [2.75, 3.05) is 5.73 Å². The average molecular weight is 253 g/mol. The van der Waals surface area contributed by atoms with Crippen molar-refractivity contribution in [2.45, 2.75) is 19.5 Å². The Kier molecular flexibility index (Phi) is 3.40. The van der Waals surface area contributed by atoms with E-state index in [1.807, 2.05) is 0 Å². The molecule has 0 heterocycles. The van der Waals surface area contributed by atoms with E-state index in [0.29, 0.717) is 6.07 Å². The minimum absolute atomic E-state index is 0.382. The topological polar surface area (TPSA) is 43.1 Å². The fourth-order valence-corrected chi connectivity index (χ4v) is 1.44. The van der Waals surface area contributed by atoms with Crippen molar-refractivity contribution in [1.82, 2.24) is 0 Å². The summed E-state index contributed by atoms with van der Waals surface area (Å²) in [5.74, 6) is -0.891. The molecule has 0 radical (unpaired) electrons. The van der Waals surface area contributed by atoms with Gasteiger partial charge in [0, 0.05) is 16.8 Å². The molecule has 7 heteroatoms. The van der Waals surface area contributed by atoms with Crippen LogP contribution < -0.4 is 5.73 Å². The molecule has 0 saturated heterocycles. The third-order valence-corrected chi connectivity index (χ3v) is 2.11. The highest BCUT2D eigenvalue weighted by molar-refractivity contribution is 5.97. The van der Waals surface area contributed by atoms with E-state index in [-0.39, 0.29) is 5.69 Å². The van der Waals surface area contributed by atoms with Crippen molar-refractivity contribution >= 4 is 11.5 Å². The second kappa shape index (κ2) is 4.31. The van der Waals surface area contributed by atoms with Gasteiger partial charge in [0.05, 0.1) is 5.56 Å². The van der Waals surface area contributed by atoms with Crippen molar-refractivity contribution in [3.63, 3.8) is 0 Å². The van der Waals surface area contributed by atoms with Gasteiger partial charge in [-0.15, -0.1) is 0 Å². The van der Waals surface area contributed by atoms with Crippen LogP contribution in [0.1, 0.15) is 34.8 Å². The van der Waals surface area contributed by atoms with Crippen LogP contribution in [-0.2, 0) is 6.18 Å². The molecular formula is C10H8F5NO. The fraction of sp³-hybridized carbons (Fsp3) is 0.300. The molecule has 94 valence electrons. The third kappa shape index (κ3) is 2.72. The number of nitrogen functional groups attached to an aromatic ring is 1. The van der Waals surface area contributed by atoms with E-state index in [4.69, 9.17) is 5.73 Å². The molecule has 1 aromatic rings. The highest BCUT2D eigenvalue weighted by Gasteiger charge is 2.38. The first kappa shape index (κ1) is 13.4. The summed E-state index contributed by atoms with van der Waals surface area (Å²) in [6, 6.07) is 1.22. The number of rotatable bonds is 2. The predicted octanol–water partition coefficient (Wildman–Crippen LogP) is 3.43. The lowest BCUT2D eigenvalue weighted by atomic mass is 9.97. The van der Waals surface area contributed by atoms with E-state index in [9.17, 15) is 26.7 Å². The highest BCUT2D eigenvalue weighted by Crippen LogP contribution is 2.39. The van der Waals surface area contributed by atoms with Gasteiger partial charge in [-0.2, -0.15) is 13.2 Å². The van der Waals surface area contributed by atoms with Crippen LogP contribution in [0, 0.1) is 0 Å². The molecule has 1 rings (SSSR count). The van der Waals surface area contributed by atoms with Gasteiger partial charge in [-0.25, -0.2) is 8.78 Å². The molecule has 0 unspecified atom stereocenters. The summed E-state index contributed by atoms with van der Waals surface area (Å²) in [6.45, 7) is 0.904. The molecule has 0 fully saturated rings. The molecule has 0 amide bonds. The largest absolute Gasteiger partial charge is 0.416 e. The van der Waals surface area contributed by atoms with E-state index >= 15 is 0 Å². The van der Waals surface area contributed by atoms with E-state index in [1.54, 1.807) is 0 Å². The van der Waals surface area contributed by atoms with E-state index in [0.717, 1.165) is 13.0 Å². The van der Waals surface area contributed by atoms with Gasteiger partial charge in [0.2, 0.25) is 0 Å². The Morgan fingerprint density at radius 2 is 1.82 bits per heavy atom. The standard InChI is InChI=1S/C10H8F5NO/c1-4(17)6-2-5(16)3-7(10(13,14)15)8(6)9(11)12/h2-3,9H,16H2,1H3. The molecular weight excluding hydrogens is 245 g/mol. The Balaban J connectivity index is 3.64. The van der Waals surface area contributed by atoms with Gasteiger partial charge in [-0.3, -0.25) is 4.79 Å². The van der Waals surface area contributed by atoms with Crippen molar-refractivity contribution in [3.8, 4) is 0 Å². The van der Waals surface area contributed by atoms with Crippen LogP contribution in [0.25, 0.3) is 0 Å². The molecule has 2 N–H and O–H groups in total. The van der Waals surface area contributed by atoms with Crippen LogP contribution in [-0.4, -0.2) is 5.78 Å². The number of benzene rings is 1. The summed E-state index contributed by atoms with van der Waals surface area (Å²) >= 11 is 0. The van der Waals surface area contributed by atoms with Gasteiger partial charge in [0.15, 0.2) is 5.78 Å². The number of carbonyl (C=O) groups excluding carboxylic acids is 1. The SMILES string of the molecule is CC(=O)c1cc(N)cc(C(F)(F)F)c1C(F)F. The van der Waals surface area contributed by atoms with Gasteiger partial charge in [-0.1, -0.05) is 0 Å². The van der Waals surface area contributed by atoms with Crippen molar-refractivity contribution in [3.05, 3.63) is 28.8 Å². The molecule has 0 aromatic heterocycles. The van der Waals surface area contributed by atoms with Crippen LogP contribution >= 0.6 is 0 Å². The number of nitrogens with two attached hydrogens (primary N) is 1. The van der Waals surface area contributed by atoms with Gasteiger partial charge in [-0.05, 0) is 19.1 Å². The molecule has 0 bridgehead atoms. The Morgan fingerprint density at radius 1 is 1.29 bits per heavy atom. The summed E-state index contributed by atoms with van der Waals surface area (Å²) in [5.41, 5.74) is 1.19. The maximum atomic E-state index is 12.6. The quantitative estimate of drug-likeness (QED) is 0.498. The Morgan fingerprint density at radius 3 is 2.18 bits per heavy atom. The van der Waals surface area contributed by atoms with Gasteiger partial charge < -0.3 is 5.73 Å². The van der Waals surface area contributed by atoms with Crippen LogP contribution in [0.3, 0.4) is 0 Å². The zero-order valence-electron chi connectivity index (χ0n) is 8.61. The van der Waals surface area contributed by atoms with Crippen molar-refractivity contribution in [1.29, 1.82) is 0 Å². The lowest BCUT2D eigenvalue weighted by Crippen LogP contribution is -2.14. The Hall–Kier alpha value is -1.66. The zero-order chi connectivity index (χ0) is 13.4. The van der Waals surface area contributed by atoms with E-state index < -0.39 is 35.1 Å². The van der Waals surface area contributed by atoms with Gasteiger partial charge in [0.1, 0.15) is 0 Å². The first-order valence-corrected chi connectivity index (χ1v) is 4.44. The third-order valence-electron chi connectivity index (χ3n) is 2.11. The zero-order valence-corrected chi connectivity index (χ0v) is 8.61. The number of hydrogen-bond donors (Lipinski definition) is 1. The average Bonchev–Trinajstić information content (AvgIpc) is 2.14. The number of hydrogen-bond acceptors (Lipinski definition) is 2. The minimum atomic E-state index is -4.98. The summed E-state index contributed by atoms with van der Waals surface area (Å²) in [5, 5.41) is 0. The summed E-state index contributed by atoms with van der Waals surface area (Å²) < 4.78 is 62.8. The monoisotopic (exact) mass is 253 g/mol.